The number of ether oxygens (including phenoxy) is 2. The molecule has 1 aromatic rings. The van der Waals surface area contributed by atoms with E-state index >= 15 is 0 Å². The number of hydrogen-bond donors (Lipinski definition) is 0. The molecule has 0 spiro atoms. The van der Waals surface area contributed by atoms with Gasteiger partial charge in [0.1, 0.15) is 5.69 Å². The van der Waals surface area contributed by atoms with E-state index in [4.69, 9.17) is 5.26 Å². The Kier molecular flexibility index (Phi) is 6.43. The van der Waals surface area contributed by atoms with Crippen molar-refractivity contribution in [2.24, 2.45) is 0 Å². The van der Waals surface area contributed by atoms with Crippen LogP contribution in [0.1, 0.15) is 45.7 Å². The summed E-state index contributed by atoms with van der Waals surface area (Å²) in [5.41, 5.74) is 0.528. The number of esters is 2. The van der Waals surface area contributed by atoms with Gasteiger partial charge in [0.05, 0.1) is 31.4 Å². The van der Waals surface area contributed by atoms with Crippen molar-refractivity contribution >= 4 is 11.9 Å². The lowest BCUT2D eigenvalue weighted by Gasteiger charge is -2.04. The predicted octanol–water partition coefficient (Wildman–Crippen LogP) is 1.70. The lowest BCUT2D eigenvalue weighted by atomic mass is 10.1. The van der Waals surface area contributed by atoms with Crippen molar-refractivity contribution in [3.05, 3.63) is 29.1 Å². The van der Waals surface area contributed by atoms with Crippen molar-refractivity contribution in [1.29, 1.82) is 5.26 Å². The van der Waals surface area contributed by atoms with E-state index in [1.165, 1.54) is 26.5 Å². The number of rotatable bonds is 4. The molecule has 0 atom stereocenters. The zero-order chi connectivity index (χ0) is 15.7. The zero-order valence-corrected chi connectivity index (χ0v) is 11.8. The topological polar surface area (TPSA) is 89.3 Å². The molecule has 1 rings (SSSR count). The predicted molar refractivity (Wildman–Crippen MR) is 73.3 cm³/mol. The zero-order valence-electron chi connectivity index (χ0n) is 11.8. The molecule has 0 aliphatic rings. The first-order valence-corrected chi connectivity index (χ1v) is 6.16. The van der Waals surface area contributed by atoms with Gasteiger partial charge in [0.25, 0.3) is 0 Å². The average Bonchev–Trinajstić information content (AvgIpc) is 2.53. The summed E-state index contributed by atoms with van der Waals surface area (Å²) in [7, 11) is 2.47. The van der Waals surface area contributed by atoms with E-state index in [9.17, 15) is 9.59 Å². The molecule has 6 nitrogen and oxygen atoms in total. The van der Waals surface area contributed by atoms with Crippen LogP contribution in [0.25, 0.3) is 0 Å². The number of aromatic nitrogens is 1. The fraction of sp³-hybridized carbons (Fsp3) is 0.333. The van der Waals surface area contributed by atoms with E-state index in [0.717, 1.165) is 0 Å². The Bertz CT molecular complexity index is 635. The Morgan fingerprint density at radius 1 is 1.24 bits per heavy atom. The van der Waals surface area contributed by atoms with Crippen LogP contribution in [0.4, 0.5) is 0 Å². The van der Waals surface area contributed by atoms with Gasteiger partial charge < -0.3 is 9.47 Å². The van der Waals surface area contributed by atoms with Crippen molar-refractivity contribution in [2.45, 2.75) is 19.3 Å². The minimum absolute atomic E-state index is 0.00734. The SMILES string of the molecule is COC(=O)c1cc(C(=O)OC)c(C#CCCCC#N)cn1. The molecule has 6 heteroatoms. The van der Waals surface area contributed by atoms with Crippen molar-refractivity contribution in [2.75, 3.05) is 14.2 Å². The van der Waals surface area contributed by atoms with Crippen molar-refractivity contribution in [1.82, 2.24) is 4.98 Å². The van der Waals surface area contributed by atoms with Crippen molar-refractivity contribution < 1.29 is 19.1 Å². The number of methoxy groups -OCH3 is 2. The highest BCUT2D eigenvalue weighted by Gasteiger charge is 2.16. The number of carbonyl (C=O) groups excluding carboxylic acids is 2. The summed E-state index contributed by atoms with van der Waals surface area (Å²) >= 11 is 0. The molecular weight excluding hydrogens is 272 g/mol. The molecule has 0 aliphatic carbocycles. The highest BCUT2D eigenvalue weighted by atomic mass is 16.5. The molecule has 0 aromatic carbocycles. The number of nitrogens with zero attached hydrogens (tertiary/aromatic N) is 2. The molecule has 1 aromatic heterocycles. The van der Waals surface area contributed by atoms with Gasteiger partial charge in [-0.2, -0.15) is 5.26 Å². The molecule has 0 unspecified atom stereocenters. The molecule has 1 heterocycles. The lowest BCUT2D eigenvalue weighted by Crippen LogP contribution is -2.10. The third-order valence-electron chi connectivity index (χ3n) is 2.52. The molecule has 0 N–H and O–H groups in total. The molecule has 0 aliphatic heterocycles. The summed E-state index contributed by atoms with van der Waals surface area (Å²) in [4.78, 5) is 27.0. The summed E-state index contributed by atoms with van der Waals surface area (Å²) in [6, 6.07) is 3.31. The van der Waals surface area contributed by atoms with E-state index in [1.807, 2.05) is 6.07 Å². The Morgan fingerprint density at radius 3 is 2.57 bits per heavy atom. The van der Waals surface area contributed by atoms with Crippen LogP contribution in [0.2, 0.25) is 0 Å². The maximum atomic E-state index is 11.7. The largest absolute Gasteiger partial charge is 0.465 e. The molecule has 0 saturated heterocycles. The molecule has 0 fully saturated rings. The average molecular weight is 286 g/mol. The van der Waals surface area contributed by atoms with Crippen molar-refractivity contribution in [3.63, 3.8) is 0 Å². The van der Waals surface area contributed by atoms with Crippen LogP contribution >= 0.6 is 0 Å². The highest BCUT2D eigenvalue weighted by Crippen LogP contribution is 2.11. The third kappa shape index (κ3) is 4.63. The van der Waals surface area contributed by atoms with Crippen LogP contribution in [0.5, 0.6) is 0 Å². The first-order valence-electron chi connectivity index (χ1n) is 6.16. The summed E-state index contributed by atoms with van der Waals surface area (Å²) in [5, 5.41) is 8.42. The monoisotopic (exact) mass is 286 g/mol. The Morgan fingerprint density at radius 2 is 1.95 bits per heavy atom. The van der Waals surface area contributed by atoms with Gasteiger partial charge in [-0.1, -0.05) is 11.8 Å². The van der Waals surface area contributed by atoms with Crippen LogP contribution in [0.3, 0.4) is 0 Å². The Balaban J connectivity index is 3.05. The second kappa shape index (κ2) is 8.34. The van der Waals surface area contributed by atoms with E-state index in [0.29, 0.717) is 24.8 Å². The van der Waals surface area contributed by atoms with E-state index < -0.39 is 11.9 Å². The molecule has 0 amide bonds. The normalized spacial score (nSPS) is 9.00. The van der Waals surface area contributed by atoms with Gasteiger partial charge in [0.15, 0.2) is 0 Å². The Labute approximate surface area is 122 Å². The standard InChI is InChI=1S/C15H14N2O4/c1-20-14(18)12-9-13(15(19)21-2)17-10-11(12)7-5-3-4-6-8-16/h9-10H,3-4,6H2,1-2H3. The highest BCUT2D eigenvalue weighted by molar-refractivity contribution is 5.95. The van der Waals surface area contributed by atoms with Crippen LogP contribution in [0.15, 0.2) is 12.3 Å². The summed E-state index contributed by atoms with van der Waals surface area (Å²) in [6.07, 6.45) is 2.95. The van der Waals surface area contributed by atoms with Gasteiger partial charge in [0.2, 0.25) is 0 Å². The number of pyridine rings is 1. The van der Waals surface area contributed by atoms with Gasteiger partial charge in [-0.25, -0.2) is 14.6 Å². The summed E-state index contributed by atoms with van der Waals surface area (Å²) in [6.45, 7) is 0. The molecule has 0 saturated carbocycles. The molecule has 21 heavy (non-hydrogen) atoms. The minimum Gasteiger partial charge on any atom is -0.465 e. The number of carbonyl (C=O) groups is 2. The van der Waals surface area contributed by atoms with Crippen LogP contribution in [0, 0.1) is 23.2 Å². The van der Waals surface area contributed by atoms with Gasteiger partial charge >= 0.3 is 11.9 Å². The minimum atomic E-state index is -0.645. The number of nitriles is 1. The van der Waals surface area contributed by atoms with Gasteiger partial charge in [-0.3, -0.25) is 0 Å². The second-order valence-corrected chi connectivity index (χ2v) is 3.91. The molecule has 0 radical (unpaired) electrons. The number of unbranched alkanes of at least 4 members (excludes halogenated alkanes) is 2. The van der Waals surface area contributed by atoms with Gasteiger partial charge in [-0.05, 0) is 12.5 Å². The smallest absolute Gasteiger partial charge is 0.356 e. The van der Waals surface area contributed by atoms with E-state index in [2.05, 4.69) is 26.3 Å². The fourth-order valence-corrected chi connectivity index (χ4v) is 1.46. The lowest BCUT2D eigenvalue weighted by molar-refractivity contribution is 0.0593. The first kappa shape index (κ1) is 16.2. The van der Waals surface area contributed by atoms with Crippen molar-refractivity contribution in [3.8, 4) is 17.9 Å². The fourth-order valence-electron chi connectivity index (χ4n) is 1.46. The molecular formula is C15H14N2O4. The molecule has 108 valence electrons. The molecule has 0 bridgehead atoms. The van der Waals surface area contributed by atoms with Crippen LogP contribution < -0.4 is 0 Å². The number of hydrogen-bond acceptors (Lipinski definition) is 6. The first-order chi connectivity index (χ1) is 10.1. The van der Waals surface area contributed by atoms with Crippen LogP contribution in [-0.2, 0) is 9.47 Å². The van der Waals surface area contributed by atoms with Crippen LogP contribution in [-0.4, -0.2) is 31.1 Å². The van der Waals surface area contributed by atoms with E-state index in [-0.39, 0.29) is 11.3 Å². The third-order valence-corrected chi connectivity index (χ3v) is 2.52. The maximum absolute atomic E-state index is 11.7. The summed E-state index contributed by atoms with van der Waals surface area (Å²) < 4.78 is 9.21. The van der Waals surface area contributed by atoms with Gasteiger partial charge in [-0.15, -0.1) is 0 Å². The Hall–Kier alpha value is -2.86. The summed E-state index contributed by atoms with van der Waals surface area (Å²) in [5.74, 6) is 4.40. The second-order valence-electron chi connectivity index (χ2n) is 3.91. The van der Waals surface area contributed by atoms with Gasteiger partial charge in [0, 0.05) is 19.0 Å². The van der Waals surface area contributed by atoms with E-state index in [1.54, 1.807) is 0 Å². The quantitative estimate of drug-likeness (QED) is 0.475. The maximum Gasteiger partial charge on any atom is 0.356 e.